The van der Waals surface area contributed by atoms with Gasteiger partial charge in [-0.25, -0.2) is 9.59 Å². The van der Waals surface area contributed by atoms with Crippen LogP contribution < -0.4 is 10.6 Å². The minimum absolute atomic E-state index is 0.101. The summed E-state index contributed by atoms with van der Waals surface area (Å²) >= 11 is 0. The Morgan fingerprint density at radius 2 is 2.09 bits per heavy atom. The maximum Gasteiger partial charge on any atom is 0.409 e. The number of allylic oxidation sites excluding steroid dienone is 1. The van der Waals surface area contributed by atoms with Gasteiger partial charge >= 0.3 is 12.1 Å². The van der Waals surface area contributed by atoms with Crippen LogP contribution in [0.15, 0.2) is 11.6 Å². The molecular weight excluding hydrogens is 294 g/mol. The lowest BCUT2D eigenvalue weighted by atomic mass is 9.97. The zero-order valence-electron chi connectivity index (χ0n) is 14.1. The van der Waals surface area contributed by atoms with Gasteiger partial charge in [0.15, 0.2) is 0 Å². The largest absolute Gasteiger partial charge is 0.450 e. The van der Waals surface area contributed by atoms with Gasteiger partial charge in [0.25, 0.3) is 0 Å². The molecule has 0 bridgehead atoms. The molecule has 1 saturated heterocycles. The fourth-order valence-corrected chi connectivity index (χ4v) is 3.13. The number of urea groups is 1. The Hall–Kier alpha value is -1.72. The summed E-state index contributed by atoms with van der Waals surface area (Å²) < 4.78 is 4.99. The Kier molecular flexibility index (Phi) is 7.23. The van der Waals surface area contributed by atoms with E-state index < -0.39 is 0 Å². The van der Waals surface area contributed by atoms with Crippen molar-refractivity contribution in [2.45, 2.75) is 57.9 Å². The van der Waals surface area contributed by atoms with E-state index in [0.29, 0.717) is 26.2 Å². The molecule has 1 heterocycles. The van der Waals surface area contributed by atoms with Crippen molar-refractivity contribution in [3.05, 3.63) is 11.6 Å². The highest BCUT2D eigenvalue weighted by Crippen LogP contribution is 2.19. The summed E-state index contributed by atoms with van der Waals surface area (Å²) in [6.07, 6.45) is 9.49. The quantitative estimate of drug-likeness (QED) is 0.764. The second-order valence-electron chi connectivity index (χ2n) is 6.22. The van der Waals surface area contributed by atoms with Crippen LogP contribution in [0.4, 0.5) is 9.59 Å². The second kappa shape index (κ2) is 9.43. The first kappa shape index (κ1) is 17.6. The summed E-state index contributed by atoms with van der Waals surface area (Å²) in [4.78, 5) is 25.2. The third-order valence-electron chi connectivity index (χ3n) is 4.47. The SMILES string of the molecule is CCOC(=O)N1CCC(NC(=O)NCCC2=CCCCC2)CC1. The molecule has 0 aromatic heterocycles. The molecular formula is C17H29N3O3. The molecule has 0 saturated carbocycles. The topological polar surface area (TPSA) is 70.7 Å². The highest BCUT2D eigenvalue weighted by Gasteiger charge is 2.24. The molecule has 0 radical (unpaired) electrons. The Bertz CT molecular complexity index is 429. The van der Waals surface area contributed by atoms with Gasteiger partial charge in [-0.05, 0) is 51.9 Å². The Morgan fingerprint density at radius 3 is 2.74 bits per heavy atom. The molecule has 6 nitrogen and oxygen atoms in total. The van der Waals surface area contributed by atoms with Crippen molar-refractivity contribution in [1.29, 1.82) is 0 Å². The average molecular weight is 323 g/mol. The Labute approximate surface area is 138 Å². The van der Waals surface area contributed by atoms with Gasteiger partial charge in [-0.3, -0.25) is 0 Å². The smallest absolute Gasteiger partial charge is 0.409 e. The zero-order chi connectivity index (χ0) is 16.5. The summed E-state index contributed by atoms with van der Waals surface area (Å²) in [5, 5.41) is 5.94. The highest BCUT2D eigenvalue weighted by molar-refractivity contribution is 5.74. The number of nitrogens with zero attached hydrogens (tertiary/aromatic N) is 1. The van der Waals surface area contributed by atoms with E-state index in [-0.39, 0.29) is 18.2 Å². The number of nitrogens with one attached hydrogen (secondary N) is 2. The molecule has 2 rings (SSSR count). The summed E-state index contributed by atoms with van der Waals surface area (Å²) in [6.45, 7) is 4.17. The molecule has 23 heavy (non-hydrogen) atoms. The molecule has 3 amide bonds. The molecule has 1 fully saturated rings. The fraction of sp³-hybridized carbons (Fsp3) is 0.765. The number of rotatable bonds is 5. The molecule has 130 valence electrons. The molecule has 1 aliphatic carbocycles. The van der Waals surface area contributed by atoms with Gasteiger partial charge in [0, 0.05) is 25.7 Å². The van der Waals surface area contributed by atoms with Gasteiger partial charge in [-0.1, -0.05) is 11.6 Å². The van der Waals surface area contributed by atoms with Crippen LogP contribution in [0.25, 0.3) is 0 Å². The van der Waals surface area contributed by atoms with E-state index in [2.05, 4.69) is 16.7 Å². The van der Waals surface area contributed by atoms with E-state index in [1.807, 2.05) is 0 Å². The van der Waals surface area contributed by atoms with E-state index in [9.17, 15) is 9.59 Å². The standard InChI is InChI=1S/C17H29N3O3/c1-2-23-17(22)20-12-9-15(10-13-20)19-16(21)18-11-8-14-6-4-3-5-7-14/h6,15H,2-5,7-13H2,1H3,(H2,18,19,21). The van der Waals surface area contributed by atoms with Gasteiger partial charge in [0.2, 0.25) is 0 Å². The monoisotopic (exact) mass is 323 g/mol. The van der Waals surface area contributed by atoms with E-state index >= 15 is 0 Å². The van der Waals surface area contributed by atoms with Crippen LogP contribution >= 0.6 is 0 Å². The first-order valence-electron chi connectivity index (χ1n) is 8.83. The van der Waals surface area contributed by atoms with Crippen molar-refractivity contribution in [1.82, 2.24) is 15.5 Å². The van der Waals surface area contributed by atoms with Crippen molar-refractivity contribution in [3.8, 4) is 0 Å². The molecule has 0 spiro atoms. The van der Waals surface area contributed by atoms with Crippen molar-refractivity contribution < 1.29 is 14.3 Å². The molecule has 2 N–H and O–H groups in total. The normalized spacial score (nSPS) is 19.0. The summed E-state index contributed by atoms with van der Waals surface area (Å²) in [5.74, 6) is 0. The zero-order valence-corrected chi connectivity index (χ0v) is 14.1. The summed E-state index contributed by atoms with van der Waals surface area (Å²) in [5.41, 5.74) is 1.47. The van der Waals surface area contributed by atoms with Crippen LogP contribution in [0.2, 0.25) is 0 Å². The Balaban J connectivity index is 1.59. The lowest BCUT2D eigenvalue weighted by Gasteiger charge is -2.31. The third-order valence-corrected chi connectivity index (χ3v) is 4.47. The maximum atomic E-state index is 11.9. The number of amides is 3. The molecule has 6 heteroatoms. The maximum absolute atomic E-state index is 11.9. The van der Waals surface area contributed by atoms with Gasteiger partial charge in [-0.15, -0.1) is 0 Å². The third kappa shape index (κ3) is 6.12. The number of carbonyl (C=O) groups excluding carboxylic acids is 2. The van der Waals surface area contributed by atoms with Crippen molar-refractivity contribution in [2.75, 3.05) is 26.2 Å². The molecule has 0 unspecified atom stereocenters. The minimum Gasteiger partial charge on any atom is -0.450 e. The molecule has 2 aliphatic rings. The van der Waals surface area contributed by atoms with E-state index in [1.165, 1.54) is 31.3 Å². The lowest BCUT2D eigenvalue weighted by Crippen LogP contribution is -2.49. The average Bonchev–Trinajstić information content (AvgIpc) is 2.57. The number of ether oxygens (including phenoxy) is 1. The van der Waals surface area contributed by atoms with E-state index in [4.69, 9.17) is 4.74 Å². The number of hydrogen-bond donors (Lipinski definition) is 2. The van der Waals surface area contributed by atoms with Gasteiger partial charge in [-0.2, -0.15) is 0 Å². The number of hydrogen-bond acceptors (Lipinski definition) is 3. The number of likely N-dealkylation sites (tertiary alicyclic amines) is 1. The van der Waals surface area contributed by atoms with Crippen LogP contribution in [-0.4, -0.2) is 49.3 Å². The second-order valence-corrected chi connectivity index (χ2v) is 6.22. The van der Waals surface area contributed by atoms with Crippen LogP contribution in [-0.2, 0) is 4.74 Å². The van der Waals surface area contributed by atoms with E-state index in [0.717, 1.165) is 19.3 Å². The predicted molar refractivity (Wildman–Crippen MR) is 89.3 cm³/mol. The highest BCUT2D eigenvalue weighted by atomic mass is 16.6. The van der Waals surface area contributed by atoms with Crippen molar-refractivity contribution >= 4 is 12.1 Å². The minimum atomic E-state index is -0.254. The van der Waals surface area contributed by atoms with Gasteiger partial charge in [0.05, 0.1) is 6.61 Å². The molecule has 1 aliphatic heterocycles. The first-order chi connectivity index (χ1) is 11.2. The van der Waals surface area contributed by atoms with Crippen LogP contribution in [0.5, 0.6) is 0 Å². The molecule has 0 aromatic rings. The Morgan fingerprint density at radius 1 is 1.30 bits per heavy atom. The molecule has 0 aromatic carbocycles. The van der Waals surface area contributed by atoms with Crippen molar-refractivity contribution in [2.24, 2.45) is 0 Å². The fourth-order valence-electron chi connectivity index (χ4n) is 3.13. The number of carbonyl (C=O) groups is 2. The van der Waals surface area contributed by atoms with E-state index in [1.54, 1.807) is 11.8 Å². The molecule has 0 atom stereocenters. The van der Waals surface area contributed by atoms with Crippen molar-refractivity contribution in [3.63, 3.8) is 0 Å². The van der Waals surface area contributed by atoms with Gasteiger partial charge in [0.1, 0.15) is 0 Å². The van der Waals surface area contributed by atoms with Gasteiger partial charge < -0.3 is 20.3 Å². The van der Waals surface area contributed by atoms with Crippen LogP contribution in [0.1, 0.15) is 51.9 Å². The van der Waals surface area contributed by atoms with Crippen LogP contribution in [0, 0.1) is 0 Å². The first-order valence-corrected chi connectivity index (χ1v) is 8.83. The predicted octanol–water partition coefficient (Wildman–Crippen LogP) is 2.80. The van der Waals surface area contributed by atoms with Crippen LogP contribution in [0.3, 0.4) is 0 Å². The lowest BCUT2D eigenvalue weighted by molar-refractivity contribution is 0.0957. The number of piperidine rings is 1. The summed E-state index contributed by atoms with van der Waals surface area (Å²) in [7, 11) is 0. The summed E-state index contributed by atoms with van der Waals surface area (Å²) in [6, 6.07) is 0.0329.